The lowest BCUT2D eigenvalue weighted by molar-refractivity contribution is 0.521. The van der Waals surface area contributed by atoms with Gasteiger partial charge in [-0.3, -0.25) is 11.3 Å². The predicted octanol–water partition coefficient (Wildman–Crippen LogP) is 1.79. The molecule has 0 aliphatic heterocycles. The number of nitrogens with zero attached hydrogens (tertiary/aromatic N) is 2. The molecule has 0 aliphatic carbocycles. The van der Waals surface area contributed by atoms with Crippen LogP contribution in [-0.4, -0.2) is 9.78 Å². The molecular weight excluding hydrogens is 200 g/mol. The first-order chi connectivity index (χ1) is 7.85. The summed E-state index contributed by atoms with van der Waals surface area (Å²) >= 11 is 0. The van der Waals surface area contributed by atoms with E-state index in [1.807, 2.05) is 47.3 Å². The van der Waals surface area contributed by atoms with Gasteiger partial charge in [0, 0.05) is 6.20 Å². The minimum atomic E-state index is 0.116. The van der Waals surface area contributed by atoms with Crippen molar-refractivity contribution in [1.29, 1.82) is 0 Å². The third-order valence-corrected chi connectivity index (χ3v) is 2.60. The number of nitrogens with two attached hydrogens (primary N) is 1. The van der Waals surface area contributed by atoms with Gasteiger partial charge in [-0.05, 0) is 24.6 Å². The zero-order chi connectivity index (χ0) is 11.4. The maximum atomic E-state index is 5.46. The lowest BCUT2D eigenvalue weighted by atomic mass is 10.2. The average Bonchev–Trinajstić information content (AvgIpc) is 2.81. The molecule has 0 amide bonds. The molecule has 4 heteroatoms. The first-order valence-electron chi connectivity index (χ1n) is 5.42. The number of aromatic nitrogens is 2. The first kappa shape index (κ1) is 10.9. The van der Waals surface area contributed by atoms with Crippen LogP contribution in [0.2, 0.25) is 0 Å². The van der Waals surface area contributed by atoms with Crippen LogP contribution in [0, 0.1) is 0 Å². The van der Waals surface area contributed by atoms with Gasteiger partial charge in [0.1, 0.15) is 0 Å². The SMILES string of the molecule is CCC(NN)c1ccn(-c2ccccc2)n1. The van der Waals surface area contributed by atoms with Crippen LogP contribution >= 0.6 is 0 Å². The van der Waals surface area contributed by atoms with Crippen LogP contribution in [0.5, 0.6) is 0 Å². The fourth-order valence-electron chi connectivity index (χ4n) is 1.66. The summed E-state index contributed by atoms with van der Waals surface area (Å²) in [4.78, 5) is 0. The molecule has 1 aromatic heterocycles. The number of rotatable bonds is 4. The van der Waals surface area contributed by atoms with E-state index in [1.54, 1.807) is 0 Å². The Labute approximate surface area is 95.1 Å². The van der Waals surface area contributed by atoms with E-state index in [-0.39, 0.29) is 6.04 Å². The lowest BCUT2D eigenvalue weighted by Crippen LogP contribution is -2.27. The number of hydrogen-bond acceptors (Lipinski definition) is 3. The molecule has 2 aromatic rings. The standard InChI is InChI=1S/C12H16N4/c1-2-11(14-13)12-8-9-16(15-12)10-6-4-3-5-7-10/h3-9,11,14H,2,13H2,1H3. The van der Waals surface area contributed by atoms with Crippen molar-refractivity contribution in [1.82, 2.24) is 15.2 Å². The highest BCUT2D eigenvalue weighted by Gasteiger charge is 2.10. The van der Waals surface area contributed by atoms with Gasteiger partial charge in [0.2, 0.25) is 0 Å². The van der Waals surface area contributed by atoms with Crippen molar-refractivity contribution in [3.63, 3.8) is 0 Å². The Balaban J connectivity index is 2.26. The van der Waals surface area contributed by atoms with E-state index in [2.05, 4.69) is 17.4 Å². The maximum absolute atomic E-state index is 5.46. The molecule has 0 aliphatic rings. The normalized spacial score (nSPS) is 12.6. The molecule has 16 heavy (non-hydrogen) atoms. The molecule has 1 aromatic carbocycles. The fourth-order valence-corrected chi connectivity index (χ4v) is 1.66. The molecule has 0 radical (unpaired) electrons. The second kappa shape index (κ2) is 4.92. The van der Waals surface area contributed by atoms with Gasteiger partial charge >= 0.3 is 0 Å². The predicted molar refractivity (Wildman–Crippen MR) is 63.9 cm³/mol. The molecule has 1 unspecified atom stereocenters. The smallest absolute Gasteiger partial charge is 0.0811 e. The van der Waals surface area contributed by atoms with Crippen molar-refractivity contribution in [2.75, 3.05) is 0 Å². The minimum Gasteiger partial charge on any atom is -0.271 e. The van der Waals surface area contributed by atoms with Crippen molar-refractivity contribution in [2.24, 2.45) is 5.84 Å². The second-order valence-corrected chi connectivity index (χ2v) is 3.65. The van der Waals surface area contributed by atoms with E-state index in [0.29, 0.717) is 0 Å². The van der Waals surface area contributed by atoms with E-state index >= 15 is 0 Å². The molecule has 0 fully saturated rings. The molecule has 0 saturated heterocycles. The van der Waals surface area contributed by atoms with Crippen LogP contribution in [0.4, 0.5) is 0 Å². The Kier molecular flexibility index (Phi) is 3.34. The van der Waals surface area contributed by atoms with Gasteiger partial charge in [-0.2, -0.15) is 5.10 Å². The molecule has 0 spiro atoms. The molecule has 4 nitrogen and oxygen atoms in total. The Morgan fingerprint density at radius 2 is 2.06 bits per heavy atom. The maximum Gasteiger partial charge on any atom is 0.0811 e. The lowest BCUT2D eigenvalue weighted by Gasteiger charge is -2.09. The molecule has 1 atom stereocenters. The van der Waals surface area contributed by atoms with Crippen LogP contribution in [0.15, 0.2) is 42.6 Å². The quantitative estimate of drug-likeness (QED) is 0.605. The van der Waals surface area contributed by atoms with Gasteiger partial charge < -0.3 is 0 Å². The van der Waals surface area contributed by atoms with Gasteiger partial charge in [-0.1, -0.05) is 25.1 Å². The summed E-state index contributed by atoms with van der Waals surface area (Å²) < 4.78 is 1.86. The van der Waals surface area contributed by atoms with Crippen LogP contribution in [0.25, 0.3) is 5.69 Å². The molecule has 1 heterocycles. The monoisotopic (exact) mass is 216 g/mol. The van der Waals surface area contributed by atoms with Gasteiger partial charge in [0.05, 0.1) is 17.4 Å². The minimum absolute atomic E-state index is 0.116. The summed E-state index contributed by atoms with van der Waals surface area (Å²) in [5.74, 6) is 5.46. The topological polar surface area (TPSA) is 55.9 Å². The van der Waals surface area contributed by atoms with Gasteiger partial charge in [0.15, 0.2) is 0 Å². The summed E-state index contributed by atoms with van der Waals surface area (Å²) in [6.07, 6.45) is 2.87. The van der Waals surface area contributed by atoms with Gasteiger partial charge in [0.25, 0.3) is 0 Å². The van der Waals surface area contributed by atoms with Gasteiger partial charge in [-0.25, -0.2) is 4.68 Å². The van der Waals surface area contributed by atoms with E-state index in [4.69, 9.17) is 5.84 Å². The third kappa shape index (κ3) is 2.13. The van der Waals surface area contributed by atoms with Crippen molar-refractivity contribution in [2.45, 2.75) is 19.4 Å². The summed E-state index contributed by atoms with van der Waals surface area (Å²) in [6.45, 7) is 2.08. The highest BCUT2D eigenvalue weighted by molar-refractivity contribution is 5.30. The number of hydrazine groups is 1. The summed E-state index contributed by atoms with van der Waals surface area (Å²) in [5.41, 5.74) is 4.78. The Hall–Kier alpha value is -1.65. The van der Waals surface area contributed by atoms with Crippen LogP contribution in [-0.2, 0) is 0 Å². The van der Waals surface area contributed by atoms with Crippen molar-refractivity contribution >= 4 is 0 Å². The number of hydrogen-bond donors (Lipinski definition) is 2. The summed E-state index contributed by atoms with van der Waals surface area (Å²) in [7, 11) is 0. The number of para-hydroxylation sites is 1. The van der Waals surface area contributed by atoms with Crippen LogP contribution < -0.4 is 11.3 Å². The van der Waals surface area contributed by atoms with E-state index in [1.165, 1.54) is 0 Å². The molecule has 0 bridgehead atoms. The molecule has 84 valence electrons. The highest BCUT2D eigenvalue weighted by Crippen LogP contribution is 2.14. The molecular formula is C12H16N4. The van der Waals surface area contributed by atoms with Gasteiger partial charge in [-0.15, -0.1) is 0 Å². The Morgan fingerprint density at radius 3 is 2.69 bits per heavy atom. The fraction of sp³-hybridized carbons (Fsp3) is 0.250. The third-order valence-electron chi connectivity index (χ3n) is 2.60. The molecule has 0 saturated carbocycles. The van der Waals surface area contributed by atoms with Crippen molar-refractivity contribution in [3.8, 4) is 5.69 Å². The molecule has 3 N–H and O–H groups in total. The van der Waals surface area contributed by atoms with Crippen LogP contribution in [0.1, 0.15) is 25.1 Å². The Morgan fingerprint density at radius 1 is 1.31 bits per heavy atom. The average molecular weight is 216 g/mol. The largest absolute Gasteiger partial charge is 0.271 e. The number of benzene rings is 1. The first-order valence-corrected chi connectivity index (χ1v) is 5.42. The zero-order valence-electron chi connectivity index (χ0n) is 9.30. The summed E-state index contributed by atoms with van der Waals surface area (Å²) in [5, 5.41) is 4.50. The summed E-state index contributed by atoms with van der Waals surface area (Å²) in [6, 6.07) is 12.1. The van der Waals surface area contributed by atoms with Crippen molar-refractivity contribution < 1.29 is 0 Å². The second-order valence-electron chi connectivity index (χ2n) is 3.65. The van der Waals surface area contributed by atoms with E-state index < -0.39 is 0 Å². The number of nitrogens with one attached hydrogen (secondary N) is 1. The van der Waals surface area contributed by atoms with E-state index in [9.17, 15) is 0 Å². The van der Waals surface area contributed by atoms with Crippen molar-refractivity contribution in [3.05, 3.63) is 48.3 Å². The zero-order valence-corrected chi connectivity index (χ0v) is 9.30. The van der Waals surface area contributed by atoms with E-state index in [0.717, 1.165) is 17.8 Å². The molecule has 2 rings (SSSR count). The highest BCUT2D eigenvalue weighted by atomic mass is 15.3. The van der Waals surface area contributed by atoms with Crippen LogP contribution in [0.3, 0.4) is 0 Å². The Bertz CT molecular complexity index is 431.